The number of unbranched alkanes of at least 4 members (excludes halogenated alkanes) is 2. The predicted octanol–water partition coefficient (Wildman–Crippen LogP) is 4.80. The third-order valence-electron chi connectivity index (χ3n) is 8.55. The summed E-state index contributed by atoms with van der Waals surface area (Å²) in [5.74, 6) is -0.429. The first-order valence-electron chi connectivity index (χ1n) is 16.2. The number of ether oxygens (including phenoxy) is 3. The van der Waals surface area contributed by atoms with Gasteiger partial charge < -0.3 is 24.6 Å². The zero-order valence-electron chi connectivity index (χ0n) is 26.2. The zero-order chi connectivity index (χ0) is 32.1. The maximum atomic E-state index is 12.3. The van der Waals surface area contributed by atoms with Crippen molar-refractivity contribution in [2.75, 3.05) is 32.8 Å². The highest BCUT2D eigenvalue weighted by molar-refractivity contribution is 5.76. The molecular formula is C36H45N3O7. The number of hydroxylamine groups is 1. The number of amides is 2. The summed E-state index contributed by atoms with van der Waals surface area (Å²) < 4.78 is 18.6. The zero-order valence-corrected chi connectivity index (χ0v) is 26.2. The standard InChI is InChI=1S/C36H45N3O7/c40-25-26-9-11-29(12-10-26)33-22-32(24-39-17-19-44-20-18-39)45-36(46-33)30-15-13-28(14-16-30)31-6-4-5-27(21-31)23-37-34(41)7-2-1-3-8-35(42)38-43/h4-6,9-16,21,32-33,36,40,43H,1-3,7-8,17-20,22-25H2,(H,37,41)(H,38,42)/t32-,33+,36+/m1/s1. The maximum absolute atomic E-state index is 12.3. The van der Waals surface area contributed by atoms with Gasteiger partial charge in [-0.3, -0.25) is 19.7 Å². The highest BCUT2D eigenvalue weighted by atomic mass is 16.7. The molecule has 2 aliphatic heterocycles. The van der Waals surface area contributed by atoms with Crippen molar-refractivity contribution >= 4 is 11.8 Å². The van der Waals surface area contributed by atoms with E-state index in [1.54, 1.807) is 5.48 Å². The van der Waals surface area contributed by atoms with E-state index in [9.17, 15) is 14.7 Å². The number of nitrogens with zero attached hydrogens (tertiary/aromatic N) is 1. The van der Waals surface area contributed by atoms with E-state index < -0.39 is 12.2 Å². The quantitative estimate of drug-likeness (QED) is 0.114. The van der Waals surface area contributed by atoms with Crippen molar-refractivity contribution in [2.45, 2.75) is 70.2 Å². The molecule has 4 N–H and O–H groups in total. The molecule has 3 aromatic carbocycles. The number of aliphatic hydroxyl groups excluding tert-OH is 1. The Bertz CT molecular complexity index is 1390. The Balaban J connectivity index is 1.19. The van der Waals surface area contributed by atoms with Crippen molar-refractivity contribution in [3.8, 4) is 11.1 Å². The molecule has 2 saturated heterocycles. The van der Waals surface area contributed by atoms with Crippen molar-refractivity contribution in [3.05, 3.63) is 95.1 Å². The fourth-order valence-electron chi connectivity index (χ4n) is 5.89. The van der Waals surface area contributed by atoms with Crippen LogP contribution in [0.2, 0.25) is 0 Å². The Morgan fingerprint density at radius 3 is 2.24 bits per heavy atom. The highest BCUT2D eigenvalue weighted by Crippen LogP contribution is 2.38. The van der Waals surface area contributed by atoms with Crippen LogP contribution < -0.4 is 10.8 Å². The molecule has 2 heterocycles. The maximum Gasteiger partial charge on any atom is 0.243 e. The molecule has 0 spiro atoms. The SMILES string of the molecule is O=C(CCCCCC(=O)NCc1cccc(-c2ccc([C@H]3O[C@@H](CN4CCOCC4)C[C@@H](c4ccc(CO)cc4)O3)cc2)c1)NO. The van der Waals surface area contributed by atoms with Crippen LogP contribution in [0.25, 0.3) is 11.1 Å². The molecule has 5 rings (SSSR count). The van der Waals surface area contributed by atoms with E-state index in [1.807, 2.05) is 36.4 Å². The first-order chi connectivity index (χ1) is 22.5. The van der Waals surface area contributed by atoms with E-state index in [4.69, 9.17) is 19.4 Å². The van der Waals surface area contributed by atoms with Crippen LogP contribution >= 0.6 is 0 Å². The first kappa shape index (κ1) is 33.7. The Morgan fingerprint density at radius 2 is 1.52 bits per heavy atom. The molecule has 0 unspecified atom stereocenters. The van der Waals surface area contributed by atoms with E-state index in [0.29, 0.717) is 25.8 Å². The van der Waals surface area contributed by atoms with Gasteiger partial charge in [-0.2, -0.15) is 0 Å². The lowest BCUT2D eigenvalue weighted by Crippen LogP contribution is -2.44. The van der Waals surface area contributed by atoms with Crippen molar-refractivity contribution in [2.24, 2.45) is 0 Å². The smallest absolute Gasteiger partial charge is 0.243 e. The molecule has 0 aromatic heterocycles. The summed E-state index contributed by atoms with van der Waals surface area (Å²) in [5, 5.41) is 21.0. The number of carbonyl (C=O) groups is 2. The Morgan fingerprint density at radius 1 is 0.804 bits per heavy atom. The largest absolute Gasteiger partial charge is 0.392 e. The van der Waals surface area contributed by atoms with Crippen molar-refractivity contribution < 1.29 is 34.1 Å². The van der Waals surface area contributed by atoms with Crippen LogP contribution in [0.4, 0.5) is 0 Å². The Hall–Kier alpha value is -3.64. The second-order valence-corrected chi connectivity index (χ2v) is 12.0. The fraction of sp³-hybridized carbons (Fsp3) is 0.444. The molecule has 246 valence electrons. The fourth-order valence-corrected chi connectivity index (χ4v) is 5.89. The van der Waals surface area contributed by atoms with Crippen LogP contribution in [0.15, 0.2) is 72.8 Å². The van der Waals surface area contributed by atoms with Gasteiger partial charge in [-0.15, -0.1) is 0 Å². The highest BCUT2D eigenvalue weighted by Gasteiger charge is 2.33. The molecule has 2 aliphatic rings. The molecule has 0 saturated carbocycles. The number of benzene rings is 3. The molecule has 2 fully saturated rings. The number of aliphatic hydroxyl groups is 1. The third kappa shape index (κ3) is 9.93. The van der Waals surface area contributed by atoms with Gasteiger partial charge in [0.1, 0.15) is 0 Å². The van der Waals surface area contributed by atoms with Gasteiger partial charge in [0, 0.05) is 51.0 Å². The summed E-state index contributed by atoms with van der Waals surface area (Å²) in [5.41, 5.74) is 7.64. The molecule has 3 aromatic rings. The van der Waals surface area contributed by atoms with Crippen LogP contribution in [0.1, 0.15) is 73.2 Å². The topological polar surface area (TPSA) is 130 Å². The summed E-state index contributed by atoms with van der Waals surface area (Å²) in [6.45, 7) is 4.53. The van der Waals surface area contributed by atoms with Crippen molar-refractivity contribution in [1.82, 2.24) is 15.7 Å². The van der Waals surface area contributed by atoms with Crippen LogP contribution in [-0.4, -0.2) is 66.0 Å². The van der Waals surface area contributed by atoms with Gasteiger partial charge in [-0.25, -0.2) is 5.48 Å². The van der Waals surface area contributed by atoms with E-state index in [2.05, 4.69) is 46.6 Å². The second kappa shape index (κ2) is 17.3. The van der Waals surface area contributed by atoms with Gasteiger partial charge >= 0.3 is 0 Å². The predicted molar refractivity (Wildman–Crippen MR) is 172 cm³/mol. The second-order valence-electron chi connectivity index (χ2n) is 12.0. The Kier molecular flexibility index (Phi) is 12.7. The molecular weight excluding hydrogens is 586 g/mol. The number of rotatable bonds is 14. The molecule has 0 radical (unpaired) electrons. The number of nitrogens with one attached hydrogen (secondary N) is 2. The minimum atomic E-state index is -0.510. The average molecular weight is 632 g/mol. The molecule has 2 amide bonds. The molecule has 46 heavy (non-hydrogen) atoms. The van der Waals surface area contributed by atoms with Crippen molar-refractivity contribution in [3.63, 3.8) is 0 Å². The van der Waals surface area contributed by atoms with Gasteiger partial charge in [0.2, 0.25) is 11.8 Å². The van der Waals surface area contributed by atoms with E-state index in [0.717, 1.165) is 79.1 Å². The monoisotopic (exact) mass is 631 g/mol. The first-order valence-corrected chi connectivity index (χ1v) is 16.2. The number of carbonyl (C=O) groups excluding carboxylic acids is 2. The lowest BCUT2D eigenvalue weighted by atomic mass is 9.99. The average Bonchev–Trinajstić information content (AvgIpc) is 3.11. The third-order valence-corrected chi connectivity index (χ3v) is 8.55. The van der Waals surface area contributed by atoms with Crippen LogP contribution in [0.5, 0.6) is 0 Å². The molecule has 0 bridgehead atoms. The number of hydrogen-bond acceptors (Lipinski definition) is 8. The van der Waals surface area contributed by atoms with Gasteiger partial charge in [-0.05, 0) is 46.7 Å². The van der Waals surface area contributed by atoms with Gasteiger partial charge in [0.05, 0.1) is 32.0 Å². The lowest BCUT2D eigenvalue weighted by molar-refractivity contribution is -0.253. The van der Waals surface area contributed by atoms with Gasteiger partial charge in [0.25, 0.3) is 0 Å². The van der Waals surface area contributed by atoms with Crippen molar-refractivity contribution in [1.29, 1.82) is 0 Å². The van der Waals surface area contributed by atoms with Gasteiger partial charge in [-0.1, -0.05) is 73.2 Å². The van der Waals surface area contributed by atoms with Crippen LogP contribution in [0, 0.1) is 0 Å². The summed E-state index contributed by atoms with van der Waals surface area (Å²) in [4.78, 5) is 25.8. The summed E-state index contributed by atoms with van der Waals surface area (Å²) in [6.07, 6.45) is 2.83. The summed E-state index contributed by atoms with van der Waals surface area (Å²) >= 11 is 0. The normalized spacial score (nSPS) is 20.3. The summed E-state index contributed by atoms with van der Waals surface area (Å²) in [7, 11) is 0. The lowest BCUT2D eigenvalue weighted by Gasteiger charge is -2.39. The number of hydrogen-bond donors (Lipinski definition) is 4. The number of morpholine rings is 1. The molecule has 10 nitrogen and oxygen atoms in total. The molecule has 0 aliphatic carbocycles. The Labute approximate surface area is 270 Å². The van der Waals surface area contributed by atoms with E-state index in [-0.39, 0.29) is 31.1 Å². The van der Waals surface area contributed by atoms with Gasteiger partial charge in [0.15, 0.2) is 6.29 Å². The minimum Gasteiger partial charge on any atom is -0.392 e. The molecule has 10 heteroatoms. The molecule has 3 atom stereocenters. The van der Waals surface area contributed by atoms with Crippen LogP contribution in [0.3, 0.4) is 0 Å². The minimum absolute atomic E-state index is 0.00120. The van der Waals surface area contributed by atoms with Crippen LogP contribution in [-0.2, 0) is 37.0 Å². The summed E-state index contributed by atoms with van der Waals surface area (Å²) in [6, 6.07) is 24.4. The van der Waals surface area contributed by atoms with E-state index in [1.165, 1.54) is 0 Å². The van der Waals surface area contributed by atoms with E-state index >= 15 is 0 Å².